The molecular weight excluding hydrogens is 533 g/mol. The van der Waals surface area contributed by atoms with Gasteiger partial charge in [-0.15, -0.1) is 0 Å². The molecule has 4 N–H and O–H groups in total. The monoisotopic (exact) mass is 575 g/mol. The van der Waals surface area contributed by atoms with Gasteiger partial charge in [0.2, 0.25) is 11.7 Å². The number of halogens is 1. The molecule has 0 spiro atoms. The highest BCUT2D eigenvalue weighted by atomic mass is 19.1. The zero-order chi connectivity index (χ0) is 30.0. The van der Waals surface area contributed by atoms with Gasteiger partial charge in [-0.2, -0.15) is 0 Å². The summed E-state index contributed by atoms with van der Waals surface area (Å²) in [5, 5.41) is 37.1. The summed E-state index contributed by atoms with van der Waals surface area (Å²) in [6.45, 7) is 4.57. The van der Waals surface area contributed by atoms with E-state index in [4.69, 9.17) is 4.74 Å². The van der Waals surface area contributed by atoms with Crippen LogP contribution in [-0.2, 0) is 23.9 Å². The summed E-state index contributed by atoms with van der Waals surface area (Å²) in [5.74, 6) is -3.25. The second kappa shape index (κ2) is 10.4. The molecule has 8 atom stereocenters. The van der Waals surface area contributed by atoms with Gasteiger partial charge in [0, 0.05) is 30.2 Å². The summed E-state index contributed by atoms with van der Waals surface area (Å²) in [6.07, 6.45) is 4.20. The lowest BCUT2D eigenvalue weighted by molar-refractivity contribution is -0.222. The molecule has 226 valence electrons. The van der Waals surface area contributed by atoms with Gasteiger partial charge in [-0.3, -0.25) is 19.2 Å². The first-order chi connectivity index (χ1) is 19.2. The average molecular weight is 576 g/mol. The minimum atomic E-state index is -2.33. The topological polar surface area (TPSA) is 150 Å². The van der Waals surface area contributed by atoms with E-state index < -0.39 is 70.4 Å². The van der Waals surface area contributed by atoms with Crippen molar-refractivity contribution in [3.63, 3.8) is 0 Å². The van der Waals surface area contributed by atoms with Crippen LogP contribution in [0.1, 0.15) is 72.1 Å². The lowest BCUT2D eigenvalue weighted by Gasteiger charge is -2.62. The predicted octanol–water partition coefficient (Wildman–Crippen LogP) is 2.11. The molecule has 5 aliphatic carbocycles. The molecule has 4 fully saturated rings. The number of alkyl halides is 1. The van der Waals surface area contributed by atoms with Crippen molar-refractivity contribution in [2.75, 3.05) is 13.2 Å². The zero-order valence-corrected chi connectivity index (χ0v) is 24.0. The molecule has 4 saturated carbocycles. The first-order valence-electron chi connectivity index (χ1n) is 14.8. The van der Waals surface area contributed by atoms with Crippen LogP contribution in [0.2, 0.25) is 0 Å². The Bertz CT molecular complexity index is 1190. The first-order valence-corrected chi connectivity index (χ1v) is 14.8. The molecule has 0 aromatic carbocycles. The number of carbonyl (C=O) groups excluding carboxylic acids is 4. The summed E-state index contributed by atoms with van der Waals surface area (Å²) >= 11 is 0. The first kappa shape index (κ1) is 30.0. The Hall–Kier alpha value is -2.43. The van der Waals surface area contributed by atoms with Crippen LogP contribution < -0.4 is 5.32 Å². The van der Waals surface area contributed by atoms with Gasteiger partial charge in [-0.25, -0.2) is 4.39 Å². The van der Waals surface area contributed by atoms with Crippen molar-refractivity contribution in [2.45, 2.75) is 95.6 Å². The van der Waals surface area contributed by atoms with Crippen molar-refractivity contribution in [1.82, 2.24) is 5.32 Å². The Labute approximate surface area is 239 Å². The SMILES string of the molecule is CC(=O)NCC1CCC(C(=O)OCC(=O)[C@@]2(O)[C@H](O)C[C@H]3[C@@H]4CCC5=CC(=O)C=C[C@]5(C)C4(F)[C@@H](O)C[C@@]32C)CC1. The van der Waals surface area contributed by atoms with Gasteiger partial charge in [-0.1, -0.05) is 18.6 Å². The molecule has 0 aromatic heterocycles. The number of ketones is 2. The molecule has 0 aliphatic heterocycles. The highest BCUT2D eigenvalue weighted by Crippen LogP contribution is 2.69. The van der Waals surface area contributed by atoms with Crippen LogP contribution in [0.15, 0.2) is 23.8 Å². The number of allylic oxidation sites excluding steroid dienone is 4. The molecule has 0 aromatic rings. The average Bonchev–Trinajstić information content (AvgIpc) is 3.13. The smallest absolute Gasteiger partial charge is 0.309 e. The molecule has 0 heterocycles. The molecule has 0 bridgehead atoms. The van der Waals surface area contributed by atoms with Crippen LogP contribution in [-0.4, -0.2) is 75.4 Å². The summed E-state index contributed by atoms with van der Waals surface area (Å²) in [6, 6.07) is 0. The third-order valence-corrected chi connectivity index (χ3v) is 11.5. The summed E-state index contributed by atoms with van der Waals surface area (Å²) in [7, 11) is 0. The fourth-order valence-corrected chi connectivity index (χ4v) is 8.98. The van der Waals surface area contributed by atoms with Crippen molar-refractivity contribution in [3.05, 3.63) is 23.8 Å². The largest absolute Gasteiger partial charge is 0.457 e. The Morgan fingerprint density at radius 2 is 1.76 bits per heavy atom. The molecule has 1 amide bonds. The fourth-order valence-electron chi connectivity index (χ4n) is 8.98. The number of hydrogen-bond donors (Lipinski definition) is 4. The minimum absolute atomic E-state index is 0.0359. The highest BCUT2D eigenvalue weighted by Gasteiger charge is 2.76. The van der Waals surface area contributed by atoms with Crippen molar-refractivity contribution < 1.29 is 43.6 Å². The Morgan fingerprint density at radius 3 is 2.41 bits per heavy atom. The van der Waals surface area contributed by atoms with Gasteiger partial charge >= 0.3 is 5.97 Å². The van der Waals surface area contributed by atoms with Crippen LogP contribution >= 0.6 is 0 Å². The quantitative estimate of drug-likeness (QED) is 0.352. The molecule has 41 heavy (non-hydrogen) atoms. The maximum Gasteiger partial charge on any atom is 0.309 e. The number of esters is 1. The van der Waals surface area contributed by atoms with E-state index in [0.29, 0.717) is 37.8 Å². The number of nitrogens with one attached hydrogen (secondary N) is 1. The van der Waals surface area contributed by atoms with Crippen molar-refractivity contribution in [1.29, 1.82) is 0 Å². The van der Waals surface area contributed by atoms with Gasteiger partial charge in [0.15, 0.2) is 23.7 Å². The van der Waals surface area contributed by atoms with Gasteiger partial charge in [-0.05, 0) is 82.3 Å². The number of fused-ring (bicyclic) bond motifs is 5. The van der Waals surface area contributed by atoms with Gasteiger partial charge in [0.25, 0.3) is 0 Å². The van der Waals surface area contributed by atoms with E-state index in [1.54, 1.807) is 13.8 Å². The molecule has 5 aliphatic rings. The third kappa shape index (κ3) is 4.43. The standard InChI is InChI=1S/C31H42FNO8/c1-17(34)33-15-18-4-6-19(7-5-18)27(39)41-16-26(38)31(40)24(36)13-23-22-9-8-20-12-21(35)10-11-28(20,2)30(22,32)25(37)14-29(23,31)3/h10-12,18-19,22-25,36-37,40H,4-9,13-16H2,1-3H3,(H,33,34)/t18?,19?,22-,23-,24+,25-,28-,29-,30?,31-/m0/s1. The number of aliphatic hydroxyl groups is 3. The molecule has 9 nitrogen and oxygen atoms in total. The number of rotatable bonds is 6. The predicted molar refractivity (Wildman–Crippen MR) is 145 cm³/mol. The number of Topliss-reactive ketones (excluding diaryl/α,β-unsaturated/α-hetero) is 1. The van der Waals surface area contributed by atoms with Crippen molar-refractivity contribution >= 4 is 23.4 Å². The normalized spacial score (nSPS) is 45.1. The minimum Gasteiger partial charge on any atom is -0.457 e. The Kier molecular flexibility index (Phi) is 7.61. The Balaban J connectivity index is 1.29. The van der Waals surface area contributed by atoms with E-state index in [1.807, 2.05) is 0 Å². The van der Waals surface area contributed by atoms with Crippen LogP contribution in [0.5, 0.6) is 0 Å². The fraction of sp³-hybridized carbons (Fsp3) is 0.742. The summed E-state index contributed by atoms with van der Waals surface area (Å²) < 4.78 is 22.6. The number of carbonyl (C=O) groups is 4. The molecule has 1 unspecified atom stereocenters. The second-order valence-corrected chi connectivity index (χ2v) is 13.5. The molecular formula is C31H42FNO8. The van der Waals surface area contributed by atoms with Crippen LogP contribution in [0.3, 0.4) is 0 Å². The number of amides is 1. The van der Waals surface area contributed by atoms with Gasteiger partial charge in [0.05, 0.1) is 18.1 Å². The van der Waals surface area contributed by atoms with E-state index in [0.717, 1.165) is 12.8 Å². The lowest BCUT2D eigenvalue weighted by Crippen LogP contribution is -2.69. The number of hydrogen-bond acceptors (Lipinski definition) is 8. The third-order valence-electron chi connectivity index (χ3n) is 11.5. The Morgan fingerprint density at radius 1 is 1.07 bits per heavy atom. The van der Waals surface area contributed by atoms with E-state index >= 15 is 4.39 Å². The van der Waals surface area contributed by atoms with Crippen molar-refractivity contribution in [3.8, 4) is 0 Å². The summed E-state index contributed by atoms with van der Waals surface area (Å²) in [5.41, 5.74) is -6.45. The van der Waals surface area contributed by atoms with E-state index in [-0.39, 0.29) is 30.4 Å². The maximum atomic E-state index is 17.2. The molecule has 0 radical (unpaired) electrons. The summed E-state index contributed by atoms with van der Waals surface area (Å²) in [4.78, 5) is 49.5. The molecule has 10 heteroatoms. The highest BCUT2D eigenvalue weighted by molar-refractivity contribution is 6.01. The number of ether oxygens (including phenoxy) is 1. The van der Waals surface area contributed by atoms with E-state index in [2.05, 4.69) is 5.32 Å². The number of aliphatic hydroxyl groups excluding tert-OH is 2. The molecule has 5 rings (SSSR count). The second-order valence-electron chi connectivity index (χ2n) is 13.5. The van der Waals surface area contributed by atoms with Crippen LogP contribution in [0, 0.1) is 34.5 Å². The zero-order valence-electron chi connectivity index (χ0n) is 24.0. The van der Waals surface area contributed by atoms with E-state index in [1.165, 1.54) is 25.2 Å². The molecule has 0 saturated heterocycles. The lowest BCUT2D eigenvalue weighted by atomic mass is 9.44. The van der Waals surface area contributed by atoms with Crippen molar-refractivity contribution in [2.24, 2.45) is 34.5 Å². The maximum absolute atomic E-state index is 17.2. The van der Waals surface area contributed by atoms with Gasteiger partial charge < -0.3 is 25.4 Å². The van der Waals surface area contributed by atoms with Gasteiger partial charge in [0.1, 0.15) is 0 Å². The van der Waals surface area contributed by atoms with Crippen LogP contribution in [0.4, 0.5) is 4.39 Å². The van der Waals surface area contributed by atoms with E-state index in [9.17, 15) is 34.5 Å². The van der Waals surface area contributed by atoms with Crippen LogP contribution in [0.25, 0.3) is 0 Å².